The van der Waals surface area contributed by atoms with E-state index in [0.29, 0.717) is 12.6 Å². The van der Waals surface area contributed by atoms with Crippen LogP contribution in [0.4, 0.5) is 11.4 Å². The number of benzene rings is 1. The number of hydrogen-bond acceptors (Lipinski definition) is 2. The summed E-state index contributed by atoms with van der Waals surface area (Å²) in [6.45, 7) is 0.417. The van der Waals surface area contributed by atoms with Gasteiger partial charge in [-0.15, -0.1) is 0 Å². The molecule has 2 aliphatic rings. The van der Waals surface area contributed by atoms with Gasteiger partial charge in [-0.05, 0) is 31.0 Å². The van der Waals surface area contributed by atoms with E-state index in [1.54, 1.807) is 0 Å². The van der Waals surface area contributed by atoms with E-state index in [1.165, 1.54) is 0 Å². The predicted octanol–water partition coefficient (Wildman–Crippen LogP) is 2.37. The molecular formula is C11H11BrN2O. The van der Waals surface area contributed by atoms with Crippen LogP contribution in [0.5, 0.6) is 0 Å². The van der Waals surface area contributed by atoms with Crippen molar-refractivity contribution in [3.05, 3.63) is 22.7 Å². The first-order chi connectivity index (χ1) is 7.25. The molecule has 0 spiro atoms. The van der Waals surface area contributed by atoms with Gasteiger partial charge < -0.3 is 10.2 Å². The average Bonchev–Trinajstić information content (AvgIpc) is 3.02. The summed E-state index contributed by atoms with van der Waals surface area (Å²) in [7, 11) is 0. The molecule has 1 amide bonds. The summed E-state index contributed by atoms with van der Waals surface area (Å²) in [5.41, 5.74) is 2.08. The lowest BCUT2D eigenvalue weighted by Crippen LogP contribution is -2.41. The van der Waals surface area contributed by atoms with Crippen LogP contribution in [0.3, 0.4) is 0 Å². The maximum absolute atomic E-state index is 11.8. The maximum Gasteiger partial charge on any atom is 0.246 e. The first-order valence-corrected chi connectivity index (χ1v) is 5.90. The van der Waals surface area contributed by atoms with Crippen LogP contribution in [0.25, 0.3) is 0 Å². The van der Waals surface area contributed by atoms with E-state index >= 15 is 0 Å². The van der Waals surface area contributed by atoms with Gasteiger partial charge in [0.15, 0.2) is 0 Å². The number of nitrogens with zero attached hydrogens (tertiary/aromatic N) is 1. The van der Waals surface area contributed by atoms with Gasteiger partial charge in [0.2, 0.25) is 5.91 Å². The van der Waals surface area contributed by atoms with Crippen molar-refractivity contribution >= 4 is 33.2 Å². The number of hydrogen-bond donors (Lipinski definition) is 1. The van der Waals surface area contributed by atoms with E-state index in [-0.39, 0.29) is 5.91 Å². The van der Waals surface area contributed by atoms with Crippen LogP contribution in [0, 0.1) is 0 Å². The molecule has 0 atom stereocenters. The number of fused-ring (bicyclic) bond motifs is 1. The fourth-order valence-electron chi connectivity index (χ4n) is 1.98. The van der Waals surface area contributed by atoms with Crippen molar-refractivity contribution in [1.29, 1.82) is 0 Å². The van der Waals surface area contributed by atoms with Crippen LogP contribution in [0.15, 0.2) is 22.7 Å². The quantitative estimate of drug-likeness (QED) is 0.847. The first-order valence-electron chi connectivity index (χ1n) is 5.11. The molecule has 1 aromatic carbocycles. The number of anilines is 2. The lowest BCUT2D eigenvalue weighted by Gasteiger charge is -2.30. The van der Waals surface area contributed by atoms with Crippen LogP contribution in [0.1, 0.15) is 12.8 Å². The van der Waals surface area contributed by atoms with Crippen molar-refractivity contribution < 1.29 is 4.79 Å². The maximum atomic E-state index is 11.8. The summed E-state index contributed by atoms with van der Waals surface area (Å²) in [6.07, 6.45) is 2.28. The third kappa shape index (κ3) is 1.53. The van der Waals surface area contributed by atoms with Gasteiger partial charge in [0.05, 0.1) is 17.9 Å². The number of carbonyl (C=O) groups excluding carboxylic acids is 1. The normalized spacial score (nSPS) is 19.8. The van der Waals surface area contributed by atoms with Crippen molar-refractivity contribution in [2.75, 3.05) is 16.8 Å². The van der Waals surface area contributed by atoms with Crippen molar-refractivity contribution in [1.82, 2.24) is 0 Å². The van der Waals surface area contributed by atoms with Crippen LogP contribution in [0.2, 0.25) is 0 Å². The Bertz CT molecular complexity index is 429. The zero-order chi connectivity index (χ0) is 10.4. The van der Waals surface area contributed by atoms with E-state index in [9.17, 15) is 4.79 Å². The summed E-state index contributed by atoms with van der Waals surface area (Å²) in [5.74, 6) is 0.187. The molecule has 0 saturated heterocycles. The highest BCUT2D eigenvalue weighted by Gasteiger charge is 2.36. The van der Waals surface area contributed by atoms with E-state index < -0.39 is 0 Å². The van der Waals surface area contributed by atoms with Crippen LogP contribution in [-0.4, -0.2) is 18.5 Å². The first kappa shape index (κ1) is 9.21. The molecule has 1 aliphatic heterocycles. The number of halogens is 1. The standard InChI is InChI=1S/C11H11BrN2O/c12-7-1-4-10-9(5-7)13-6-11(15)14(10)8-2-3-8/h1,4-5,8,13H,2-3,6H2. The van der Waals surface area contributed by atoms with Gasteiger partial charge in [-0.25, -0.2) is 0 Å². The number of rotatable bonds is 1. The Morgan fingerprint density at radius 3 is 2.93 bits per heavy atom. The smallest absolute Gasteiger partial charge is 0.246 e. The largest absolute Gasteiger partial charge is 0.374 e. The van der Waals surface area contributed by atoms with Gasteiger partial charge in [0.1, 0.15) is 0 Å². The van der Waals surface area contributed by atoms with Gasteiger partial charge in [0, 0.05) is 10.5 Å². The molecule has 1 saturated carbocycles. The molecule has 15 heavy (non-hydrogen) atoms. The predicted molar refractivity (Wildman–Crippen MR) is 63.1 cm³/mol. The SMILES string of the molecule is O=C1CNc2cc(Br)ccc2N1C1CC1. The summed E-state index contributed by atoms with van der Waals surface area (Å²) >= 11 is 3.43. The Kier molecular flexibility index (Phi) is 1.99. The third-order valence-corrected chi connectivity index (χ3v) is 3.32. The Morgan fingerprint density at radius 1 is 1.40 bits per heavy atom. The van der Waals surface area contributed by atoms with Crippen molar-refractivity contribution in [2.45, 2.75) is 18.9 Å². The van der Waals surface area contributed by atoms with Crippen LogP contribution < -0.4 is 10.2 Å². The highest BCUT2D eigenvalue weighted by Crippen LogP contribution is 2.39. The summed E-state index contributed by atoms with van der Waals surface area (Å²) in [6, 6.07) is 6.45. The molecule has 0 radical (unpaired) electrons. The van der Waals surface area contributed by atoms with E-state index in [1.807, 2.05) is 23.1 Å². The summed E-state index contributed by atoms with van der Waals surface area (Å²) < 4.78 is 1.04. The Hall–Kier alpha value is -1.03. The summed E-state index contributed by atoms with van der Waals surface area (Å²) in [5, 5.41) is 3.14. The Balaban J connectivity index is 2.07. The van der Waals surface area contributed by atoms with Crippen molar-refractivity contribution in [3.8, 4) is 0 Å². The van der Waals surface area contributed by atoms with Gasteiger partial charge in [0.25, 0.3) is 0 Å². The molecule has 0 aromatic heterocycles. The molecule has 3 rings (SSSR count). The topological polar surface area (TPSA) is 32.3 Å². The number of amides is 1. The van der Waals surface area contributed by atoms with Crippen molar-refractivity contribution in [3.63, 3.8) is 0 Å². The minimum absolute atomic E-state index is 0.187. The molecule has 4 heteroatoms. The Labute approximate surface area is 96.6 Å². The second-order valence-corrected chi connectivity index (χ2v) is 4.93. The van der Waals surface area contributed by atoms with Gasteiger partial charge >= 0.3 is 0 Å². The minimum Gasteiger partial charge on any atom is -0.374 e. The lowest BCUT2D eigenvalue weighted by atomic mass is 10.2. The highest BCUT2D eigenvalue weighted by molar-refractivity contribution is 9.10. The van der Waals surface area contributed by atoms with Gasteiger partial charge in [-0.1, -0.05) is 15.9 Å². The number of nitrogens with one attached hydrogen (secondary N) is 1. The second-order valence-electron chi connectivity index (χ2n) is 4.01. The monoisotopic (exact) mass is 266 g/mol. The molecular weight excluding hydrogens is 256 g/mol. The highest BCUT2D eigenvalue weighted by atomic mass is 79.9. The molecule has 1 aromatic rings. The van der Waals surface area contributed by atoms with Crippen molar-refractivity contribution in [2.24, 2.45) is 0 Å². The molecule has 0 unspecified atom stereocenters. The average molecular weight is 267 g/mol. The van der Waals surface area contributed by atoms with E-state index in [2.05, 4.69) is 21.2 Å². The molecule has 3 nitrogen and oxygen atoms in total. The molecule has 1 aliphatic carbocycles. The zero-order valence-electron chi connectivity index (χ0n) is 8.16. The second kappa shape index (κ2) is 3.23. The molecule has 78 valence electrons. The van der Waals surface area contributed by atoms with Gasteiger partial charge in [-0.3, -0.25) is 4.79 Å². The van der Waals surface area contributed by atoms with Crippen LogP contribution >= 0.6 is 15.9 Å². The van der Waals surface area contributed by atoms with Gasteiger partial charge in [-0.2, -0.15) is 0 Å². The molecule has 0 bridgehead atoms. The fourth-order valence-corrected chi connectivity index (χ4v) is 2.34. The lowest BCUT2D eigenvalue weighted by molar-refractivity contribution is -0.117. The minimum atomic E-state index is 0.187. The molecule has 1 fully saturated rings. The van der Waals surface area contributed by atoms with E-state index in [0.717, 1.165) is 28.7 Å². The molecule has 1 N–H and O–H groups in total. The molecule has 1 heterocycles. The number of carbonyl (C=O) groups is 1. The van der Waals surface area contributed by atoms with E-state index in [4.69, 9.17) is 0 Å². The Morgan fingerprint density at radius 2 is 2.20 bits per heavy atom. The third-order valence-electron chi connectivity index (χ3n) is 2.83. The summed E-state index contributed by atoms with van der Waals surface area (Å²) in [4.78, 5) is 13.7. The fraction of sp³-hybridized carbons (Fsp3) is 0.364. The zero-order valence-corrected chi connectivity index (χ0v) is 9.75. The van der Waals surface area contributed by atoms with Crippen LogP contribution in [-0.2, 0) is 4.79 Å².